The van der Waals surface area contributed by atoms with Gasteiger partial charge >= 0.3 is 0 Å². The second-order valence-corrected chi connectivity index (χ2v) is 13.7. The zero-order chi connectivity index (χ0) is 24.1. The molecule has 1 N–H and O–H groups in total. The summed E-state index contributed by atoms with van der Waals surface area (Å²) in [5.74, 6) is 1.34. The van der Waals surface area contributed by atoms with Crippen molar-refractivity contribution in [2.75, 3.05) is 0 Å². The van der Waals surface area contributed by atoms with E-state index in [0.29, 0.717) is 17.8 Å². The molecule has 1 fully saturated rings. The van der Waals surface area contributed by atoms with Gasteiger partial charge in [0, 0.05) is 17.0 Å². The van der Waals surface area contributed by atoms with Crippen LogP contribution in [0.1, 0.15) is 69.9 Å². The number of nitrogens with one attached hydrogen (secondary N) is 1. The van der Waals surface area contributed by atoms with Crippen LogP contribution in [0.3, 0.4) is 0 Å². The lowest BCUT2D eigenvalue weighted by Crippen LogP contribution is -2.39. The van der Waals surface area contributed by atoms with Gasteiger partial charge in [-0.3, -0.25) is 5.32 Å². The SMILES string of the molecule is CC(C)[C@@H]1CC[C@@H](C)CC1[P@@](=O)(c1ccccc1)[C@H](N[C@@H](C)c1ccccc1)c1ccccc1. The fraction of sp³-hybridized carbons (Fsp3) is 0.419. The van der Waals surface area contributed by atoms with Crippen LogP contribution in [0.15, 0.2) is 91.0 Å². The van der Waals surface area contributed by atoms with Gasteiger partial charge in [0.25, 0.3) is 0 Å². The molecule has 0 aliphatic heterocycles. The molecule has 0 amide bonds. The lowest BCUT2D eigenvalue weighted by molar-refractivity contribution is 0.235. The summed E-state index contributed by atoms with van der Waals surface area (Å²) >= 11 is 0. The van der Waals surface area contributed by atoms with Crippen molar-refractivity contribution in [1.82, 2.24) is 5.32 Å². The molecular weight excluding hydrogens is 433 g/mol. The zero-order valence-corrected chi connectivity index (χ0v) is 22.0. The third-order valence-electron chi connectivity index (χ3n) is 7.85. The molecule has 1 aliphatic carbocycles. The summed E-state index contributed by atoms with van der Waals surface area (Å²) in [5, 5.41) is 4.91. The first-order valence-corrected chi connectivity index (χ1v) is 14.8. The number of rotatable bonds is 8. The predicted molar refractivity (Wildman–Crippen MR) is 146 cm³/mol. The highest BCUT2D eigenvalue weighted by Crippen LogP contribution is 2.66. The predicted octanol–water partition coefficient (Wildman–Crippen LogP) is 8.19. The molecule has 34 heavy (non-hydrogen) atoms. The van der Waals surface area contributed by atoms with Gasteiger partial charge in [0.05, 0.1) is 5.78 Å². The fourth-order valence-corrected chi connectivity index (χ4v) is 10.4. The second kappa shape index (κ2) is 11.1. The molecule has 3 aromatic rings. The monoisotopic (exact) mass is 473 g/mol. The molecular formula is C31H40NOP. The Bertz CT molecular complexity index is 1070. The summed E-state index contributed by atoms with van der Waals surface area (Å²) in [7, 11) is -2.91. The van der Waals surface area contributed by atoms with Crippen molar-refractivity contribution in [2.45, 2.75) is 64.4 Å². The van der Waals surface area contributed by atoms with Gasteiger partial charge in [-0.25, -0.2) is 0 Å². The summed E-state index contributed by atoms with van der Waals surface area (Å²) < 4.78 is 15.8. The quantitative estimate of drug-likeness (QED) is 0.334. The highest BCUT2D eigenvalue weighted by Gasteiger charge is 2.48. The largest absolute Gasteiger partial charge is 0.316 e. The van der Waals surface area contributed by atoms with Crippen LogP contribution in [-0.2, 0) is 4.57 Å². The zero-order valence-electron chi connectivity index (χ0n) is 21.1. The van der Waals surface area contributed by atoms with Crippen LogP contribution in [0.4, 0.5) is 0 Å². The average molecular weight is 474 g/mol. The molecule has 4 rings (SSSR count). The van der Waals surface area contributed by atoms with E-state index in [2.05, 4.69) is 112 Å². The van der Waals surface area contributed by atoms with E-state index in [0.717, 1.165) is 23.7 Å². The van der Waals surface area contributed by atoms with Crippen LogP contribution < -0.4 is 10.6 Å². The Hall–Kier alpha value is -2.15. The van der Waals surface area contributed by atoms with Gasteiger partial charge < -0.3 is 4.57 Å². The first-order chi connectivity index (χ1) is 16.4. The van der Waals surface area contributed by atoms with Crippen LogP contribution in [0.5, 0.6) is 0 Å². The molecule has 1 saturated carbocycles. The van der Waals surface area contributed by atoms with Gasteiger partial charge in [0.2, 0.25) is 0 Å². The molecule has 3 heteroatoms. The van der Waals surface area contributed by atoms with Gasteiger partial charge in [0.1, 0.15) is 7.14 Å². The van der Waals surface area contributed by atoms with Crippen molar-refractivity contribution in [3.63, 3.8) is 0 Å². The minimum absolute atomic E-state index is 0.0851. The summed E-state index contributed by atoms with van der Waals surface area (Å²) in [5.41, 5.74) is 2.51. The smallest absolute Gasteiger partial charge is 0.139 e. The number of benzene rings is 3. The van der Waals surface area contributed by atoms with E-state index in [1.165, 1.54) is 12.0 Å². The molecule has 0 saturated heterocycles. The third-order valence-corrected chi connectivity index (χ3v) is 11.7. The maximum atomic E-state index is 15.8. The van der Waals surface area contributed by atoms with Crippen molar-refractivity contribution >= 4 is 12.4 Å². The standard InChI is InChI=1S/C31H40NOP/c1-23(2)29-21-20-24(3)22-30(29)34(33,28-18-12-7-13-19-28)31(27-16-10-6-11-17-27)32-25(4)26-14-8-5-9-15-26/h5-19,23-25,29-32H,20-22H2,1-4H3/t24-,25+,29+,30?,31+,34+/m1/s1. The van der Waals surface area contributed by atoms with E-state index < -0.39 is 7.14 Å². The Morgan fingerprint density at radius 3 is 1.85 bits per heavy atom. The topological polar surface area (TPSA) is 29.1 Å². The fourth-order valence-electron chi connectivity index (χ4n) is 5.92. The first-order valence-electron chi connectivity index (χ1n) is 12.9. The summed E-state index contributed by atoms with van der Waals surface area (Å²) in [6, 6.07) is 31.5. The molecule has 1 unspecified atom stereocenters. The van der Waals surface area contributed by atoms with Crippen molar-refractivity contribution in [1.29, 1.82) is 0 Å². The van der Waals surface area contributed by atoms with E-state index in [1.807, 2.05) is 12.1 Å². The maximum absolute atomic E-state index is 15.8. The van der Waals surface area contributed by atoms with E-state index in [-0.39, 0.29) is 17.5 Å². The average Bonchev–Trinajstić information content (AvgIpc) is 2.88. The molecule has 0 radical (unpaired) electrons. The Morgan fingerprint density at radius 1 is 0.765 bits per heavy atom. The highest BCUT2D eigenvalue weighted by atomic mass is 31.2. The van der Waals surface area contributed by atoms with E-state index in [9.17, 15) is 0 Å². The summed E-state index contributed by atoms with van der Waals surface area (Å²) in [6.07, 6.45) is 3.42. The maximum Gasteiger partial charge on any atom is 0.139 e. The van der Waals surface area contributed by atoms with E-state index in [4.69, 9.17) is 0 Å². The first kappa shape index (κ1) is 25.0. The Kier molecular flexibility index (Phi) is 8.12. The van der Waals surface area contributed by atoms with Crippen LogP contribution in [0.2, 0.25) is 0 Å². The van der Waals surface area contributed by atoms with Crippen LogP contribution in [0, 0.1) is 17.8 Å². The Balaban J connectivity index is 1.87. The molecule has 0 heterocycles. The summed E-state index contributed by atoms with van der Waals surface area (Å²) in [4.78, 5) is 0. The van der Waals surface area contributed by atoms with Crippen molar-refractivity contribution in [2.24, 2.45) is 17.8 Å². The Labute approximate surface area is 206 Å². The lowest BCUT2D eigenvalue weighted by Gasteiger charge is -2.45. The van der Waals surface area contributed by atoms with Gasteiger partial charge in [-0.2, -0.15) is 0 Å². The van der Waals surface area contributed by atoms with E-state index in [1.54, 1.807) is 0 Å². The van der Waals surface area contributed by atoms with Crippen LogP contribution >= 0.6 is 7.14 Å². The number of hydrogen-bond donors (Lipinski definition) is 1. The van der Waals surface area contributed by atoms with Crippen molar-refractivity contribution < 1.29 is 4.57 Å². The minimum Gasteiger partial charge on any atom is -0.316 e. The molecule has 180 valence electrons. The van der Waals surface area contributed by atoms with Gasteiger partial charge in [-0.15, -0.1) is 0 Å². The molecule has 0 bridgehead atoms. The molecule has 1 aliphatic rings. The van der Waals surface area contributed by atoms with Crippen LogP contribution in [-0.4, -0.2) is 5.66 Å². The second-order valence-electron chi connectivity index (χ2n) is 10.6. The Morgan fingerprint density at radius 2 is 1.29 bits per heavy atom. The lowest BCUT2D eigenvalue weighted by atomic mass is 9.77. The molecule has 0 aromatic heterocycles. The minimum atomic E-state index is -2.91. The molecule has 6 atom stereocenters. The third kappa shape index (κ3) is 5.24. The van der Waals surface area contributed by atoms with Gasteiger partial charge in [-0.05, 0) is 48.6 Å². The molecule has 3 aromatic carbocycles. The highest BCUT2D eigenvalue weighted by molar-refractivity contribution is 7.72. The van der Waals surface area contributed by atoms with E-state index >= 15 is 4.57 Å². The molecule has 2 nitrogen and oxygen atoms in total. The van der Waals surface area contributed by atoms with Crippen LogP contribution in [0.25, 0.3) is 0 Å². The van der Waals surface area contributed by atoms with Crippen molar-refractivity contribution in [3.05, 3.63) is 102 Å². The van der Waals surface area contributed by atoms with Crippen molar-refractivity contribution in [3.8, 4) is 0 Å². The summed E-state index contributed by atoms with van der Waals surface area (Å²) in [6.45, 7) is 9.18. The number of hydrogen-bond acceptors (Lipinski definition) is 2. The normalized spacial score (nSPS) is 24.3. The molecule has 0 spiro atoms. The van der Waals surface area contributed by atoms with Gasteiger partial charge in [-0.1, -0.05) is 118 Å². The van der Waals surface area contributed by atoms with Gasteiger partial charge in [0.15, 0.2) is 0 Å².